The lowest BCUT2D eigenvalue weighted by Crippen LogP contribution is -2.23. The van der Waals surface area contributed by atoms with Crippen LogP contribution in [0.25, 0.3) is 22.2 Å². The van der Waals surface area contributed by atoms with Gasteiger partial charge in [0.25, 0.3) is 5.91 Å². The van der Waals surface area contributed by atoms with Crippen LogP contribution in [0.5, 0.6) is 0 Å². The Balaban J connectivity index is 1.34. The molecule has 4 aromatic rings. The summed E-state index contributed by atoms with van der Waals surface area (Å²) in [5.74, 6) is 0.539. The number of pyridine rings is 1. The van der Waals surface area contributed by atoms with Crippen molar-refractivity contribution in [2.24, 2.45) is 0 Å². The van der Waals surface area contributed by atoms with Gasteiger partial charge >= 0.3 is 0 Å². The highest BCUT2D eigenvalue weighted by Gasteiger charge is 2.25. The van der Waals surface area contributed by atoms with Crippen LogP contribution in [0.2, 0.25) is 0 Å². The first kappa shape index (κ1) is 14.2. The second-order valence-electron chi connectivity index (χ2n) is 6.33. The number of rotatable bonds is 4. The number of carbonyl (C=O) groups is 1. The zero-order valence-electron chi connectivity index (χ0n) is 13.4. The van der Waals surface area contributed by atoms with E-state index in [1.807, 2.05) is 30.6 Å². The summed E-state index contributed by atoms with van der Waals surface area (Å²) in [5, 5.41) is 2.88. The highest BCUT2D eigenvalue weighted by atomic mass is 16.1. The monoisotopic (exact) mass is 332 g/mol. The molecule has 7 heteroatoms. The fourth-order valence-electron chi connectivity index (χ4n) is 3.02. The average molecular weight is 332 g/mol. The predicted octanol–water partition coefficient (Wildman–Crippen LogP) is 2.57. The Morgan fingerprint density at radius 1 is 1.24 bits per heavy atom. The van der Waals surface area contributed by atoms with E-state index >= 15 is 0 Å². The molecule has 124 valence electrons. The van der Waals surface area contributed by atoms with Gasteiger partial charge in [-0.3, -0.25) is 4.79 Å². The number of benzene rings is 1. The van der Waals surface area contributed by atoms with Crippen LogP contribution >= 0.6 is 0 Å². The Morgan fingerprint density at radius 2 is 2.12 bits per heavy atom. The minimum atomic E-state index is -0.184. The molecule has 1 saturated carbocycles. The van der Waals surface area contributed by atoms with E-state index in [1.165, 1.54) is 12.8 Å². The van der Waals surface area contributed by atoms with Gasteiger partial charge in [-0.2, -0.15) is 0 Å². The Morgan fingerprint density at radius 3 is 2.96 bits per heavy atom. The summed E-state index contributed by atoms with van der Waals surface area (Å²) < 4.78 is 2.09. The van der Waals surface area contributed by atoms with E-state index in [0.717, 1.165) is 28.0 Å². The highest BCUT2D eigenvalue weighted by Crippen LogP contribution is 2.36. The number of hydrogen-bond donors (Lipinski definition) is 2. The molecule has 1 amide bonds. The molecule has 3 aromatic heterocycles. The molecule has 2 N–H and O–H groups in total. The number of aromatic amines is 1. The number of H-pyrrole nitrogens is 1. The zero-order chi connectivity index (χ0) is 16.8. The van der Waals surface area contributed by atoms with Crippen molar-refractivity contribution in [2.45, 2.75) is 25.4 Å². The van der Waals surface area contributed by atoms with Gasteiger partial charge < -0.3 is 14.9 Å². The number of carbonyl (C=O) groups excluding carboxylic acids is 1. The van der Waals surface area contributed by atoms with Crippen molar-refractivity contribution in [1.82, 2.24) is 29.8 Å². The molecule has 1 aromatic carbocycles. The number of amides is 1. The second-order valence-corrected chi connectivity index (χ2v) is 6.33. The molecule has 3 heterocycles. The van der Waals surface area contributed by atoms with Crippen LogP contribution in [-0.4, -0.2) is 30.4 Å². The van der Waals surface area contributed by atoms with E-state index in [2.05, 4.69) is 29.8 Å². The van der Waals surface area contributed by atoms with Crippen molar-refractivity contribution in [1.29, 1.82) is 0 Å². The van der Waals surface area contributed by atoms with Gasteiger partial charge in [-0.15, -0.1) is 0 Å². The van der Waals surface area contributed by atoms with Crippen LogP contribution in [0.1, 0.15) is 35.1 Å². The van der Waals surface area contributed by atoms with Crippen LogP contribution in [0.15, 0.2) is 42.9 Å². The fraction of sp³-hybridized carbons (Fsp3) is 0.222. The van der Waals surface area contributed by atoms with Gasteiger partial charge in [0.1, 0.15) is 11.3 Å². The van der Waals surface area contributed by atoms with Gasteiger partial charge in [-0.05, 0) is 31.0 Å². The summed E-state index contributed by atoms with van der Waals surface area (Å²) in [5.41, 5.74) is 3.95. The maximum atomic E-state index is 12.4. The van der Waals surface area contributed by atoms with Crippen molar-refractivity contribution >= 4 is 28.1 Å². The van der Waals surface area contributed by atoms with Crippen LogP contribution < -0.4 is 5.32 Å². The van der Waals surface area contributed by atoms with Crippen LogP contribution in [-0.2, 0) is 6.54 Å². The van der Waals surface area contributed by atoms with Crippen molar-refractivity contribution in [3.63, 3.8) is 0 Å². The SMILES string of the molecule is O=C(NCc1nc2ccccc2[nH]1)c1cnc2c(c1)ncn2C1CC1. The predicted molar refractivity (Wildman–Crippen MR) is 93.1 cm³/mol. The fourth-order valence-corrected chi connectivity index (χ4v) is 3.02. The molecular formula is C18H16N6O. The summed E-state index contributed by atoms with van der Waals surface area (Å²) in [6.07, 6.45) is 5.77. The minimum absolute atomic E-state index is 0.184. The summed E-state index contributed by atoms with van der Waals surface area (Å²) in [6.45, 7) is 0.335. The van der Waals surface area contributed by atoms with E-state index in [4.69, 9.17) is 0 Å². The smallest absolute Gasteiger partial charge is 0.253 e. The molecule has 0 aliphatic heterocycles. The normalized spacial score (nSPS) is 14.2. The van der Waals surface area contributed by atoms with Crippen molar-refractivity contribution in [3.8, 4) is 0 Å². The zero-order valence-corrected chi connectivity index (χ0v) is 13.4. The number of hydrogen-bond acceptors (Lipinski definition) is 4. The maximum Gasteiger partial charge on any atom is 0.253 e. The van der Waals surface area contributed by atoms with Gasteiger partial charge in [0.2, 0.25) is 0 Å². The molecule has 1 aliphatic rings. The molecule has 0 atom stereocenters. The first-order valence-corrected chi connectivity index (χ1v) is 8.32. The lowest BCUT2D eigenvalue weighted by Gasteiger charge is -2.04. The van der Waals surface area contributed by atoms with E-state index < -0.39 is 0 Å². The molecule has 0 unspecified atom stereocenters. The standard InChI is InChI=1S/C18H16N6O/c25-18(20-9-16-22-13-3-1-2-4-14(13)23-16)11-7-15-17(19-8-11)24(10-21-15)12-5-6-12/h1-4,7-8,10,12H,5-6,9H2,(H,20,25)(H,22,23). The topological polar surface area (TPSA) is 88.5 Å². The van der Waals surface area contributed by atoms with E-state index in [1.54, 1.807) is 12.3 Å². The molecule has 1 fully saturated rings. The molecule has 1 aliphatic carbocycles. The molecule has 0 radical (unpaired) electrons. The van der Waals surface area contributed by atoms with Crippen molar-refractivity contribution in [3.05, 3.63) is 54.2 Å². The van der Waals surface area contributed by atoms with Crippen LogP contribution in [0, 0.1) is 0 Å². The highest BCUT2D eigenvalue weighted by molar-refractivity contribution is 5.96. The number of fused-ring (bicyclic) bond motifs is 2. The average Bonchev–Trinajstić information content (AvgIpc) is 3.26. The number of para-hydroxylation sites is 2. The summed E-state index contributed by atoms with van der Waals surface area (Å²) in [6, 6.07) is 10.1. The third-order valence-corrected chi connectivity index (χ3v) is 4.47. The van der Waals surface area contributed by atoms with Crippen LogP contribution in [0.3, 0.4) is 0 Å². The third-order valence-electron chi connectivity index (χ3n) is 4.47. The minimum Gasteiger partial charge on any atom is -0.345 e. The number of nitrogens with zero attached hydrogens (tertiary/aromatic N) is 4. The van der Waals surface area contributed by atoms with E-state index in [9.17, 15) is 4.79 Å². The summed E-state index contributed by atoms with van der Waals surface area (Å²) in [7, 11) is 0. The van der Waals surface area contributed by atoms with Gasteiger partial charge in [0.15, 0.2) is 5.65 Å². The second kappa shape index (κ2) is 5.41. The molecule has 0 spiro atoms. The number of nitrogens with one attached hydrogen (secondary N) is 2. The Kier molecular flexibility index (Phi) is 3.06. The van der Waals surface area contributed by atoms with Gasteiger partial charge in [0.05, 0.1) is 29.5 Å². The summed E-state index contributed by atoms with van der Waals surface area (Å²) in [4.78, 5) is 28.9. The largest absolute Gasteiger partial charge is 0.345 e. The van der Waals surface area contributed by atoms with E-state index in [-0.39, 0.29) is 5.91 Å². The lowest BCUT2D eigenvalue weighted by molar-refractivity contribution is 0.0950. The van der Waals surface area contributed by atoms with Gasteiger partial charge in [-0.25, -0.2) is 15.0 Å². The third kappa shape index (κ3) is 2.53. The number of imidazole rings is 2. The molecule has 0 saturated heterocycles. The molecule has 5 rings (SSSR count). The Bertz CT molecular complexity index is 1060. The van der Waals surface area contributed by atoms with Gasteiger partial charge in [0, 0.05) is 12.2 Å². The van der Waals surface area contributed by atoms with E-state index in [0.29, 0.717) is 18.2 Å². The molecule has 0 bridgehead atoms. The van der Waals surface area contributed by atoms with Gasteiger partial charge in [-0.1, -0.05) is 12.1 Å². The number of aromatic nitrogens is 5. The van der Waals surface area contributed by atoms with Crippen LogP contribution in [0.4, 0.5) is 0 Å². The molecule has 25 heavy (non-hydrogen) atoms. The first-order chi connectivity index (χ1) is 12.3. The maximum absolute atomic E-state index is 12.4. The summed E-state index contributed by atoms with van der Waals surface area (Å²) >= 11 is 0. The Labute approximate surface area is 143 Å². The first-order valence-electron chi connectivity index (χ1n) is 8.32. The molecule has 7 nitrogen and oxygen atoms in total. The van der Waals surface area contributed by atoms with Crippen molar-refractivity contribution in [2.75, 3.05) is 0 Å². The Hall–Kier alpha value is -3.22. The lowest BCUT2D eigenvalue weighted by atomic mass is 10.2. The molecular weight excluding hydrogens is 316 g/mol. The quantitative estimate of drug-likeness (QED) is 0.601. The van der Waals surface area contributed by atoms with Crippen molar-refractivity contribution < 1.29 is 4.79 Å².